The summed E-state index contributed by atoms with van der Waals surface area (Å²) in [6.45, 7) is 8.98. The molecule has 0 amide bonds. The molecule has 1 aliphatic rings. The Hall–Kier alpha value is -1.57. The highest BCUT2D eigenvalue weighted by Crippen LogP contribution is 2.18. The van der Waals surface area contributed by atoms with Crippen LogP contribution in [0.1, 0.15) is 6.92 Å². The van der Waals surface area contributed by atoms with Crippen molar-refractivity contribution in [2.45, 2.75) is 6.92 Å². The van der Waals surface area contributed by atoms with E-state index in [1.54, 1.807) is 18.2 Å². The fraction of sp³-hybridized carbons (Fsp3) is 0.100. The number of hydrogen-bond acceptors (Lipinski definition) is 2. The molecule has 1 aliphatic heterocycles. The molecule has 0 spiro atoms. The van der Waals surface area contributed by atoms with Gasteiger partial charge in [0.25, 0.3) is 0 Å². The predicted octanol–water partition coefficient (Wildman–Crippen LogP) is 1.69. The molecule has 0 aromatic rings. The van der Waals surface area contributed by atoms with Crippen LogP contribution in [0.2, 0.25) is 0 Å². The number of ketones is 1. The maximum Gasteiger partial charge on any atom is 0.210 e. The average molecular weight is 161 g/mol. The fourth-order valence-electron chi connectivity index (χ4n) is 1.10. The molecule has 2 heteroatoms. The maximum absolute atomic E-state index is 11.4. The van der Waals surface area contributed by atoms with Crippen molar-refractivity contribution in [1.82, 2.24) is 5.32 Å². The first-order valence-electron chi connectivity index (χ1n) is 3.71. The van der Waals surface area contributed by atoms with E-state index in [9.17, 15) is 4.79 Å². The molecule has 2 nitrogen and oxygen atoms in total. The zero-order valence-corrected chi connectivity index (χ0v) is 7.05. The Morgan fingerprint density at radius 3 is 2.33 bits per heavy atom. The lowest BCUT2D eigenvalue weighted by molar-refractivity contribution is -0.111. The molecule has 0 atom stereocenters. The zero-order valence-electron chi connectivity index (χ0n) is 7.05. The van der Waals surface area contributed by atoms with Gasteiger partial charge in [-0.1, -0.05) is 25.3 Å². The third-order valence-electron chi connectivity index (χ3n) is 1.75. The topological polar surface area (TPSA) is 29.1 Å². The summed E-state index contributed by atoms with van der Waals surface area (Å²) in [4.78, 5) is 11.4. The van der Waals surface area contributed by atoms with Crippen molar-refractivity contribution >= 4 is 5.78 Å². The van der Waals surface area contributed by atoms with Gasteiger partial charge in [0.2, 0.25) is 5.78 Å². The van der Waals surface area contributed by atoms with Crippen LogP contribution in [0, 0.1) is 0 Å². The number of hydrogen-bond donors (Lipinski definition) is 1. The van der Waals surface area contributed by atoms with Gasteiger partial charge >= 0.3 is 0 Å². The van der Waals surface area contributed by atoms with Crippen LogP contribution in [0.4, 0.5) is 0 Å². The van der Waals surface area contributed by atoms with Gasteiger partial charge in [-0.25, -0.2) is 0 Å². The molecule has 0 saturated heterocycles. The second-order valence-electron chi connectivity index (χ2n) is 2.39. The lowest BCUT2D eigenvalue weighted by atomic mass is 10.1. The summed E-state index contributed by atoms with van der Waals surface area (Å²) in [7, 11) is 0. The molecule has 1 heterocycles. The summed E-state index contributed by atoms with van der Waals surface area (Å²) in [5, 5.41) is 2.94. The summed E-state index contributed by atoms with van der Waals surface area (Å²) >= 11 is 0. The fourth-order valence-corrected chi connectivity index (χ4v) is 1.10. The van der Waals surface area contributed by atoms with E-state index < -0.39 is 0 Å². The number of Topliss-reactive ketones (excluding diaryl/α,β-unsaturated/α-hetero) is 1. The first-order valence-corrected chi connectivity index (χ1v) is 3.71. The van der Waals surface area contributed by atoms with E-state index in [0.717, 1.165) is 5.70 Å². The van der Waals surface area contributed by atoms with Crippen LogP contribution in [0.25, 0.3) is 0 Å². The van der Waals surface area contributed by atoms with Gasteiger partial charge < -0.3 is 5.32 Å². The third kappa shape index (κ3) is 1.11. The van der Waals surface area contributed by atoms with Crippen LogP contribution in [-0.4, -0.2) is 5.78 Å². The van der Waals surface area contributed by atoms with Crippen molar-refractivity contribution in [2.24, 2.45) is 0 Å². The zero-order chi connectivity index (χ0) is 9.14. The highest BCUT2D eigenvalue weighted by molar-refractivity contribution is 6.13. The van der Waals surface area contributed by atoms with Gasteiger partial charge in [-0.15, -0.1) is 0 Å². The Labute approximate surface area is 72.0 Å². The van der Waals surface area contributed by atoms with Crippen molar-refractivity contribution in [3.63, 3.8) is 0 Å². The van der Waals surface area contributed by atoms with Gasteiger partial charge in [0.1, 0.15) is 0 Å². The molecule has 1 N–H and O–H groups in total. The normalized spacial score (nSPS) is 19.8. The first-order chi connectivity index (χ1) is 5.74. The van der Waals surface area contributed by atoms with Crippen LogP contribution in [0.3, 0.4) is 0 Å². The van der Waals surface area contributed by atoms with Crippen LogP contribution < -0.4 is 5.32 Å². The van der Waals surface area contributed by atoms with Crippen molar-refractivity contribution in [1.29, 1.82) is 0 Å². The van der Waals surface area contributed by atoms with Crippen LogP contribution in [0.15, 0.2) is 48.4 Å². The van der Waals surface area contributed by atoms with Gasteiger partial charge in [0.05, 0.1) is 5.70 Å². The van der Waals surface area contributed by atoms with E-state index in [1.165, 1.54) is 0 Å². The number of allylic oxidation sites excluding steroid dienone is 4. The van der Waals surface area contributed by atoms with E-state index in [1.807, 2.05) is 6.92 Å². The van der Waals surface area contributed by atoms with Crippen molar-refractivity contribution in [2.75, 3.05) is 0 Å². The Morgan fingerprint density at radius 2 is 2.00 bits per heavy atom. The standard InChI is InChI=1S/C10H11NO/c1-4-7-8(5-2)11-9(6-3)10(7)12/h4-6,11H,1-2H2,3H3/b9-6+. The predicted molar refractivity (Wildman–Crippen MR) is 49.3 cm³/mol. The minimum Gasteiger partial charge on any atom is -0.352 e. The Balaban J connectivity index is 3.13. The summed E-state index contributed by atoms with van der Waals surface area (Å²) in [6.07, 6.45) is 4.90. The lowest BCUT2D eigenvalue weighted by Gasteiger charge is -1.95. The van der Waals surface area contributed by atoms with Crippen molar-refractivity contribution in [3.05, 3.63) is 48.4 Å². The van der Waals surface area contributed by atoms with Gasteiger partial charge in [-0.05, 0) is 13.0 Å². The van der Waals surface area contributed by atoms with E-state index in [4.69, 9.17) is 0 Å². The summed E-state index contributed by atoms with van der Waals surface area (Å²) < 4.78 is 0. The third-order valence-corrected chi connectivity index (χ3v) is 1.75. The van der Waals surface area contributed by atoms with E-state index in [-0.39, 0.29) is 5.78 Å². The highest BCUT2D eigenvalue weighted by Gasteiger charge is 2.22. The molecule has 0 unspecified atom stereocenters. The molecular weight excluding hydrogens is 150 g/mol. The van der Waals surface area contributed by atoms with Crippen molar-refractivity contribution < 1.29 is 4.79 Å². The highest BCUT2D eigenvalue weighted by atomic mass is 16.1. The smallest absolute Gasteiger partial charge is 0.210 e. The Bertz CT molecular complexity index is 308. The van der Waals surface area contributed by atoms with Gasteiger partial charge in [-0.3, -0.25) is 4.79 Å². The number of rotatable bonds is 2. The molecule has 0 fully saturated rings. The van der Waals surface area contributed by atoms with Gasteiger partial charge in [0.15, 0.2) is 0 Å². The monoisotopic (exact) mass is 161 g/mol. The van der Waals surface area contributed by atoms with Crippen LogP contribution in [-0.2, 0) is 4.79 Å². The maximum atomic E-state index is 11.4. The van der Waals surface area contributed by atoms with E-state index in [0.29, 0.717) is 11.3 Å². The van der Waals surface area contributed by atoms with Crippen LogP contribution >= 0.6 is 0 Å². The second kappa shape index (κ2) is 3.22. The lowest BCUT2D eigenvalue weighted by Crippen LogP contribution is -2.07. The molecule has 0 bridgehead atoms. The summed E-state index contributed by atoms with van der Waals surface area (Å²) in [5.74, 6) is -0.0117. The molecule has 62 valence electrons. The molecular formula is C10H11NO. The second-order valence-corrected chi connectivity index (χ2v) is 2.39. The molecule has 0 radical (unpaired) electrons. The number of carbonyl (C=O) groups excluding carboxylic acids is 1. The first kappa shape index (κ1) is 8.53. The molecule has 0 aromatic carbocycles. The Morgan fingerprint density at radius 1 is 1.33 bits per heavy atom. The van der Waals surface area contributed by atoms with Gasteiger partial charge in [-0.2, -0.15) is 0 Å². The average Bonchev–Trinajstić information content (AvgIpc) is 2.41. The van der Waals surface area contributed by atoms with E-state index in [2.05, 4.69) is 18.5 Å². The van der Waals surface area contributed by atoms with Gasteiger partial charge in [0, 0.05) is 11.3 Å². The van der Waals surface area contributed by atoms with Crippen molar-refractivity contribution in [3.8, 4) is 0 Å². The quantitative estimate of drug-likeness (QED) is 0.624. The molecule has 0 saturated carbocycles. The summed E-state index contributed by atoms with van der Waals surface area (Å²) in [5.41, 5.74) is 1.93. The minimum absolute atomic E-state index is 0.0117. The molecule has 0 aliphatic carbocycles. The SMILES string of the molecule is C=CC1=C(C=C)C(=O)/C(=C\C)N1. The number of nitrogens with one attached hydrogen (secondary N) is 1. The minimum atomic E-state index is -0.0117. The summed E-state index contributed by atoms with van der Waals surface area (Å²) in [6, 6.07) is 0. The molecule has 0 aromatic heterocycles. The molecule has 12 heavy (non-hydrogen) atoms. The number of carbonyl (C=O) groups is 1. The van der Waals surface area contributed by atoms with E-state index >= 15 is 0 Å². The Kier molecular flexibility index (Phi) is 2.29. The van der Waals surface area contributed by atoms with Crippen LogP contribution in [0.5, 0.6) is 0 Å². The largest absolute Gasteiger partial charge is 0.352 e. The molecule has 1 rings (SSSR count).